The van der Waals surface area contributed by atoms with Crippen LogP contribution in [0.15, 0.2) is 30.3 Å². The summed E-state index contributed by atoms with van der Waals surface area (Å²) < 4.78 is 63.1. The van der Waals surface area contributed by atoms with E-state index >= 15 is 0 Å². The van der Waals surface area contributed by atoms with Crippen molar-refractivity contribution in [3.8, 4) is 0 Å². The van der Waals surface area contributed by atoms with Crippen LogP contribution < -0.4 is 0 Å². The molecule has 0 aromatic heterocycles. The highest BCUT2D eigenvalue weighted by Gasteiger charge is 2.70. The number of alkyl halides is 6. The van der Waals surface area contributed by atoms with E-state index in [-0.39, 0.29) is 0 Å². The van der Waals surface area contributed by atoms with E-state index in [0.29, 0.717) is 0 Å². The van der Waals surface area contributed by atoms with Gasteiger partial charge in [-0.15, -0.1) is 11.6 Å². The molecule has 96 valence electrons. The summed E-state index contributed by atoms with van der Waals surface area (Å²) >= 11 is 5.10. The van der Waals surface area contributed by atoms with Crippen molar-refractivity contribution >= 4 is 11.6 Å². The lowest BCUT2D eigenvalue weighted by atomic mass is 9.88. The molecule has 1 atom stereocenters. The smallest absolute Gasteiger partial charge is 0.377 e. The summed E-state index contributed by atoms with van der Waals surface area (Å²) in [6.45, 7) is 0. The molecule has 0 bridgehead atoms. The third-order valence-electron chi connectivity index (χ3n) is 2.32. The van der Waals surface area contributed by atoms with Gasteiger partial charge < -0.3 is 5.11 Å². The maximum Gasteiger partial charge on any atom is 0.456 e. The van der Waals surface area contributed by atoms with E-state index in [1.165, 1.54) is 18.2 Å². The topological polar surface area (TPSA) is 20.2 Å². The first-order chi connectivity index (χ1) is 7.67. The molecule has 17 heavy (non-hydrogen) atoms. The normalized spacial score (nSPS) is 16.6. The van der Waals surface area contributed by atoms with Crippen LogP contribution in [0.1, 0.15) is 5.56 Å². The Bertz CT molecular complexity index is 378. The Hall–Kier alpha value is -0.880. The zero-order valence-electron chi connectivity index (χ0n) is 8.31. The molecule has 0 heterocycles. The molecule has 1 N–H and O–H groups in total. The minimum Gasteiger partial charge on any atom is -0.377 e. The van der Waals surface area contributed by atoms with Crippen LogP contribution in [-0.2, 0) is 5.60 Å². The van der Waals surface area contributed by atoms with Crippen molar-refractivity contribution in [1.29, 1.82) is 0 Å². The summed E-state index contributed by atoms with van der Waals surface area (Å²) in [5.74, 6) is -6.60. The first-order valence-corrected chi connectivity index (χ1v) is 4.98. The highest BCUT2D eigenvalue weighted by Crippen LogP contribution is 2.48. The number of hydrogen-bond acceptors (Lipinski definition) is 1. The Labute approximate surface area is 98.8 Å². The van der Waals surface area contributed by atoms with Crippen molar-refractivity contribution in [2.24, 2.45) is 0 Å². The monoisotopic (exact) mass is 274 g/mol. The molecule has 0 aliphatic carbocycles. The lowest BCUT2D eigenvalue weighted by molar-refractivity contribution is -0.341. The van der Waals surface area contributed by atoms with Crippen LogP contribution in [-0.4, -0.2) is 23.1 Å². The van der Waals surface area contributed by atoms with Gasteiger partial charge in [0.1, 0.15) is 0 Å². The molecule has 0 aliphatic heterocycles. The average Bonchev–Trinajstić information content (AvgIpc) is 2.27. The van der Waals surface area contributed by atoms with Gasteiger partial charge in [-0.2, -0.15) is 22.0 Å². The predicted molar refractivity (Wildman–Crippen MR) is 52.1 cm³/mol. The molecule has 1 rings (SSSR count). The Kier molecular flexibility index (Phi) is 3.69. The molecule has 0 radical (unpaired) electrons. The van der Waals surface area contributed by atoms with Crippen LogP contribution in [0.4, 0.5) is 22.0 Å². The van der Waals surface area contributed by atoms with Gasteiger partial charge in [0.05, 0.1) is 5.88 Å². The summed E-state index contributed by atoms with van der Waals surface area (Å²) in [4.78, 5) is 0. The first-order valence-electron chi connectivity index (χ1n) is 4.45. The third kappa shape index (κ3) is 2.24. The van der Waals surface area contributed by atoms with Crippen molar-refractivity contribution in [3.05, 3.63) is 35.9 Å². The Morgan fingerprint density at radius 3 is 1.82 bits per heavy atom. The molecular formula is C10H8ClF5O. The molecule has 0 fully saturated rings. The van der Waals surface area contributed by atoms with Crippen LogP contribution in [0.5, 0.6) is 0 Å². The lowest BCUT2D eigenvalue weighted by Gasteiger charge is -2.35. The van der Waals surface area contributed by atoms with Crippen LogP contribution >= 0.6 is 11.6 Å². The molecule has 0 spiro atoms. The summed E-state index contributed by atoms with van der Waals surface area (Å²) in [6, 6.07) is 5.81. The number of hydrogen-bond donors (Lipinski definition) is 1. The van der Waals surface area contributed by atoms with Gasteiger partial charge in [0, 0.05) is 0 Å². The van der Waals surface area contributed by atoms with Gasteiger partial charge in [0.2, 0.25) is 0 Å². The van der Waals surface area contributed by atoms with Crippen LogP contribution in [0.2, 0.25) is 0 Å². The van der Waals surface area contributed by atoms with E-state index in [1.54, 1.807) is 0 Å². The second kappa shape index (κ2) is 4.42. The summed E-state index contributed by atoms with van der Waals surface area (Å²) in [7, 11) is 0. The SMILES string of the molecule is OC(CCl)(c1ccccc1)C(F)(F)C(F)(F)F. The number of aliphatic hydroxyl groups is 1. The van der Waals surface area contributed by atoms with Crippen LogP contribution in [0, 0.1) is 0 Å². The highest BCUT2D eigenvalue weighted by atomic mass is 35.5. The predicted octanol–water partition coefficient (Wildman–Crippen LogP) is 3.31. The van der Waals surface area contributed by atoms with Gasteiger partial charge in [-0.25, -0.2) is 0 Å². The molecule has 1 unspecified atom stereocenters. The fourth-order valence-electron chi connectivity index (χ4n) is 1.29. The largest absolute Gasteiger partial charge is 0.456 e. The lowest BCUT2D eigenvalue weighted by Crippen LogP contribution is -2.56. The third-order valence-corrected chi connectivity index (χ3v) is 2.71. The average molecular weight is 275 g/mol. The van der Waals surface area contributed by atoms with E-state index in [2.05, 4.69) is 0 Å². The maximum absolute atomic E-state index is 13.2. The number of benzene rings is 1. The van der Waals surface area contributed by atoms with E-state index in [4.69, 9.17) is 11.6 Å². The van der Waals surface area contributed by atoms with Gasteiger partial charge in [0.25, 0.3) is 0 Å². The number of rotatable bonds is 3. The van der Waals surface area contributed by atoms with E-state index in [9.17, 15) is 27.1 Å². The summed E-state index contributed by atoms with van der Waals surface area (Å²) in [5, 5.41) is 9.55. The molecular weight excluding hydrogens is 267 g/mol. The first kappa shape index (κ1) is 14.2. The quantitative estimate of drug-likeness (QED) is 0.662. The van der Waals surface area contributed by atoms with Crippen molar-refractivity contribution in [2.45, 2.75) is 17.7 Å². The molecule has 1 aromatic carbocycles. The van der Waals surface area contributed by atoms with Gasteiger partial charge in [-0.1, -0.05) is 30.3 Å². The molecule has 7 heteroatoms. The van der Waals surface area contributed by atoms with Gasteiger partial charge in [-0.3, -0.25) is 0 Å². The Morgan fingerprint density at radius 1 is 1.00 bits per heavy atom. The zero-order chi connectivity index (χ0) is 13.3. The molecule has 0 saturated heterocycles. The Morgan fingerprint density at radius 2 is 1.47 bits per heavy atom. The number of halogens is 6. The van der Waals surface area contributed by atoms with Crippen molar-refractivity contribution < 1.29 is 27.1 Å². The fourth-order valence-corrected chi connectivity index (χ4v) is 1.61. The van der Waals surface area contributed by atoms with E-state index in [0.717, 1.165) is 12.1 Å². The molecule has 0 saturated carbocycles. The van der Waals surface area contributed by atoms with E-state index in [1.807, 2.05) is 0 Å². The maximum atomic E-state index is 13.2. The van der Waals surface area contributed by atoms with E-state index < -0.39 is 29.1 Å². The molecule has 0 aliphatic rings. The summed E-state index contributed by atoms with van der Waals surface area (Å²) in [5.41, 5.74) is -4.06. The zero-order valence-corrected chi connectivity index (χ0v) is 9.06. The standard InChI is InChI=1S/C10H8ClF5O/c11-6-8(17,7-4-2-1-3-5-7)9(12,13)10(14,15)16/h1-5,17H,6H2. The van der Waals surface area contributed by atoms with Crippen molar-refractivity contribution in [2.75, 3.05) is 5.88 Å². The highest BCUT2D eigenvalue weighted by molar-refractivity contribution is 6.18. The molecule has 1 aromatic rings. The van der Waals surface area contributed by atoms with Crippen LogP contribution in [0.25, 0.3) is 0 Å². The van der Waals surface area contributed by atoms with Crippen molar-refractivity contribution in [1.82, 2.24) is 0 Å². The summed E-state index contributed by atoms with van der Waals surface area (Å²) in [6.07, 6.45) is -5.88. The second-order valence-electron chi connectivity index (χ2n) is 3.43. The van der Waals surface area contributed by atoms with Gasteiger partial charge >= 0.3 is 12.1 Å². The van der Waals surface area contributed by atoms with Crippen molar-refractivity contribution in [3.63, 3.8) is 0 Å². The fraction of sp³-hybridized carbons (Fsp3) is 0.400. The van der Waals surface area contributed by atoms with Gasteiger partial charge in [-0.05, 0) is 5.56 Å². The Balaban J connectivity index is 3.31. The van der Waals surface area contributed by atoms with Gasteiger partial charge in [0.15, 0.2) is 5.60 Å². The van der Waals surface area contributed by atoms with Crippen LogP contribution in [0.3, 0.4) is 0 Å². The second-order valence-corrected chi connectivity index (χ2v) is 3.70. The molecule has 0 amide bonds. The minimum atomic E-state index is -5.88. The minimum absolute atomic E-state index is 0.586. The molecule has 1 nitrogen and oxygen atoms in total.